The van der Waals surface area contributed by atoms with Gasteiger partial charge in [0.2, 0.25) is 0 Å². The van der Waals surface area contributed by atoms with Gasteiger partial charge in [-0.15, -0.1) is 11.3 Å². The van der Waals surface area contributed by atoms with Crippen molar-refractivity contribution in [3.63, 3.8) is 0 Å². The van der Waals surface area contributed by atoms with E-state index in [0.29, 0.717) is 16.4 Å². The molecule has 0 bridgehead atoms. The van der Waals surface area contributed by atoms with Gasteiger partial charge in [-0.05, 0) is 23.3 Å². The van der Waals surface area contributed by atoms with Gasteiger partial charge in [-0.3, -0.25) is 4.79 Å². The van der Waals surface area contributed by atoms with E-state index in [1.165, 1.54) is 11.3 Å². The number of carbonyl (C=O) groups excluding carboxylic acids is 1. The Morgan fingerprint density at radius 1 is 1.59 bits per heavy atom. The van der Waals surface area contributed by atoms with Gasteiger partial charge >= 0.3 is 0 Å². The molecule has 0 saturated carbocycles. The van der Waals surface area contributed by atoms with Crippen LogP contribution in [0.2, 0.25) is 5.02 Å². The van der Waals surface area contributed by atoms with Gasteiger partial charge < -0.3 is 5.32 Å². The fourth-order valence-corrected chi connectivity index (χ4v) is 3.67. The average molecular weight is 339 g/mol. The van der Waals surface area contributed by atoms with Gasteiger partial charge in [0, 0.05) is 11.4 Å². The smallest absolute Gasteiger partial charge is 0.262 e. The Morgan fingerprint density at radius 2 is 2.24 bits per heavy atom. The maximum atomic E-state index is 11.8. The van der Waals surface area contributed by atoms with Crippen molar-refractivity contribution in [3.05, 3.63) is 21.3 Å². The molecule has 0 aliphatic carbocycles. The van der Waals surface area contributed by atoms with Crippen LogP contribution >= 0.6 is 38.9 Å². The van der Waals surface area contributed by atoms with E-state index in [1.807, 2.05) is 5.38 Å². The maximum absolute atomic E-state index is 11.8. The molecular formula is C12H17BrClNOS. The highest BCUT2D eigenvalue weighted by Crippen LogP contribution is 2.25. The van der Waals surface area contributed by atoms with Crippen molar-refractivity contribution in [3.8, 4) is 0 Å². The lowest BCUT2D eigenvalue weighted by atomic mass is 9.90. The monoisotopic (exact) mass is 337 g/mol. The van der Waals surface area contributed by atoms with E-state index in [-0.39, 0.29) is 16.1 Å². The SMILES string of the molecule is CC(C)(C)CC(Br)CNC(=O)c1sccc1Cl. The lowest BCUT2D eigenvalue weighted by molar-refractivity contribution is 0.0956. The quantitative estimate of drug-likeness (QED) is 0.813. The average Bonchev–Trinajstić information content (AvgIpc) is 2.58. The van der Waals surface area contributed by atoms with Gasteiger partial charge in [-0.1, -0.05) is 48.3 Å². The number of amides is 1. The standard InChI is InChI=1S/C12H17BrClNOS/c1-12(2,3)6-8(13)7-15-11(16)10-9(14)4-5-17-10/h4-5,8H,6-7H2,1-3H3,(H,15,16). The second-order valence-corrected chi connectivity index (χ2v) is 7.79. The zero-order valence-electron chi connectivity index (χ0n) is 10.2. The van der Waals surface area contributed by atoms with Crippen molar-refractivity contribution in [1.29, 1.82) is 0 Å². The normalized spacial score (nSPS) is 13.5. The minimum atomic E-state index is -0.0941. The molecule has 0 aliphatic heterocycles. The van der Waals surface area contributed by atoms with E-state index in [4.69, 9.17) is 11.6 Å². The van der Waals surface area contributed by atoms with Gasteiger partial charge in [-0.2, -0.15) is 0 Å². The van der Waals surface area contributed by atoms with Crippen molar-refractivity contribution in [1.82, 2.24) is 5.32 Å². The molecule has 1 N–H and O–H groups in total. The van der Waals surface area contributed by atoms with E-state index in [9.17, 15) is 4.79 Å². The zero-order chi connectivity index (χ0) is 13.1. The number of rotatable bonds is 4. The predicted molar refractivity (Wildman–Crippen MR) is 78.4 cm³/mol. The number of nitrogens with one attached hydrogen (secondary N) is 1. The molecular weight excluding hydrogens is 322 g/mol. The summed E-state index contributed by atoms with van der Waals surface area (Å²) in [6.07, 6.45) is 1.01. The number of hydrogen-bond acceptors (Lipinski definition) is 2. The summed E-state index contributed by atoms with van der Waals surface area (Å²) in [6.45, 7) is 7.15. The lowest BCUT2D eigenvalue weighted by Crippen LogP contribution is -2.31. The second kappa shape index (κ2) is 6.21. The third kappa shape index (κ3) is 5.40. The van der Waals surface area contributed by atoms with Crippen LogP contribution < -0.4 is 5.32 Å². The van der Waals surface area contributed by atoms with E-state index in [2.05, 4.69) is 42.0 Å². The van der Waals surface area contributed by atoms with Gasteiger partial charge in [0.25, 0.3) is 5.91 Å². The molecule has 0 saturated heterocycles. The van der Waals surface area contributed by atoms with Crippen LogP contribution in [0.3, 0.4) is 0 Å². The minimum Gasteiger partial charge on any atom is -0.350 e. The molecule has 1 atom stereocenters. The van der Waals surface area contributed by atoms with E-state index in [0.717, 1.165) is 6.42 Å². The number of carbonyl (C=O) groups is 1. The van der Waals surface area contributed by atoms with Gasteiger partial charge in [0.05, 0.1) is 5.02 Å². The molecule has 17 heavy (non-hydrogen) atoms. The van der Waals surface area contributed by atoms with Crippen LogP contribution in [0, 0.1) is 5.41 Å². The van der Waals surface area contributed by atoms with Crippen LogP contribution in [0.1, 0.15) is 36.9 Å². The molecule has 0 aromatic carbocycles. The second-order valence-electron chi connectivity index (χ2n) is 5.17. The first-order valence-electron chi connectivity index (χ1n) is 5.45. The molecule has 0 aliphatic rings. The Kier molecular flexibility index (Phi) is 5.48. The Labute approximate surface area is 120 Å². The number of hydrogen-bond donors (Lipinski definition) is 1. The van der Waals surface area contributed by atoms with Crippen molar-refractivity contribution < 1.29 is 4.79 Å². The summed E-state index contributed by atoms with van der Waals surface area (Å²) < 4.78 is 0. The zero-order valence-corrected chi connectivity index (χ0v) is 13.4. The molecule has 1 aromatic heterocycles. The highest BCUT2D eigenvalue weighted by Gasteiger charge is 2.18. The molecule has 1 aromatic rings. The largest absolute Gasteiger partial charge is 0.350 e. The molecule has 5 heteroatoms. The maximum Gasteiger partial charge on any atom is 0.262 e. The van der Waals surface area contributed by atoms with Gasteiger partial charge in [0.1, 0.15) is 4.88 Å². The molecule has 0 spiro atoms. The van der Waals surface area contributed by atoms with Crippen LogP contribution in [0.5, 0.6) is 0 Å². The summed E-state index contributed by atoms with van der Waals surface area (Å²) in [6, 6.07) is 1.74. The Morgan fingerprint density at radius 3 is 2.71 bits per heavy atom. The van der Waals surface area contributed by atoms with Gasteiger partial charge in [0.15, 0.2) is 0 Å². The highest BCUT2D eigenvalue weighted by molar-refractivity contribution is 9.09. The highest BCUT2D eigenvalue weighted by atomic mass is 79.9. The minimum absolute atomic E-state index is 0.0941. The Hall–Kier alpha value is -0.0600. The first kappa shape index (κ1) is 15.0. The summed E-state index contributed by atoms with van der Waals surface area (Å²) in [5.41, 5.74) is 0.249. The molecule has 2 nitrogen and oxygen atoms in total. The molecule has 0 radical (unpaired) electrons. The third-order valence-corrected chi connectivity index (χ3v) is 4.13. The molecule has 1 heterocycles. The van der Waals surface area contributed by atoms with Gasteiger partial charge in [-0.25, -0.2) is 0 Å². The van der Waals surface area contributed by atoms with Crippen molar-refractivity contribution in [2.45, 2.75) is 32.0 Å². The van der Waals surface area contributed by atoms with Crippen LogP contribution in [-0.4, -0.2) is 17.3 Å². The topological polar surface area (TPSA) is 29.1 Å². The first-order valence-corrected chi connectivity index (χ1v) is 7.62. The van der Waals surface area contributed by atoms with E-state index in [1.54, 1.807) is 6.07 Å². The predicted octanol–water partition coefficient (Wildman–Crippen LogP) is 4.33. The number of thiophene rings is 1. The molecule has 0 fully saturated rings. The van der Waals surface area contributed by atoms with Crippen molar-refractivity contribution in [2.75, 3.05) is 6.54 Å². The van der Waals surface area contributed by atoms with Crippen LogP contribution in [0.4, 0.5) is 0 Å². The van der Waals surface area contributed by atoms with Crippen LogP contribution in [0.25, 0.3) is 0 Å². The fraction of sp³-hybridized carbons (Fsp3) is 0.583. The molecule has 96 valence electrons. The first-order chi connectivity index (χ1) is 7.79. The molecule has 1 amide bonds. The third-order valence-electron chi connectivity index (χ3n) is 2.14. The lowest BCUT2D eigenvalue weighted by Gasteiger charge is -2.22. The fourth-order valence-electron chi connectivity index (χ4n) is 1.48. The van der Waals surface area contributed by atoms with E-state index >= 15 is 0 Å². The van der Waals surface area contributed by atoms with Crippen molar-refractivity contribution >= 4 is 44.8 Å². The number of alkyl halides is 1. The van der Waals surface area contributed by atoms with Crippen LogP contribution in [0.15, 0.2) is 11.4 Å². The summed E-state index contributed by atoms with van der Waals surface area (Å²) in [4.78, 5) is 12.7. The molecule has 1 unspecified atom stereocenters. The Bertz CT molecular complexity index is 386. The summed E-state index contributed by atoms with van der Waals surface area (Å²) in [5, 5.41) is 5.23. The number of halogens is 2. The molecule has 1 rings (SSSR count). The summed E-state index contributed by atoms with van der Waals surface area (Å²) in [5.74, 6) is -0.0941. The summed E-state index contributed by atoms with van der Waals surface area (Å²) >= 11 is 10.8. The van der Waals surface area contributed by atoms with Crippen LogP contribution in [-0.2, 0) is 0 Å². The van der Waals surface area contributed by atoms with E-state index < -0.39 is 0 Å². The summed E-state index contributed by atoms with van der Waals surface area (Å²) in [7, 11) is 0. The van der Waals surface area contributed by atoms with Crippen molar-refractivity contribution in [2.24, 2.45) is 5.41 Å². The Balaban J connectivity index is 2.42.